The van der Waals surface area contributed by atoms with Crippen LogP contribution in [0, 0.1) is 11.6 Å². The highest BCUT2D eigenvalue weighted by molar-refractivity contribution is 5.44. The van der Waals surface area contributed by atoms with Gasteiger partial charge < -0.3 is 10.1 Å². The van der Waals surface area contributed by atoms with E-state index in [0.29, 0.717) is 25.0 Å². The van der Waals surface area contributed by atoms with Crippen molar-refractivity contribution in [2.24, 2.45) is 5.73 Å². The SMILES string of the molecule is NCCc1c(Cc2ccc(F)cc2)nc2ccc(F)cn12. The van der Waals surface area contributed by atoms with Crippen LogP contribution in [0.1, 0.15) is 17.0 Å². The minimum absolute atomic E-state index is 0.266. The maximum Gasteiger partial charge on any atom is 0.139 e. The van der Waals surface area contributed by atoms with E-state index < -0.39 is 0 Å². The lowest BCUT2D eigenvalue weighted by Gasteiger charge is -2.04. The molecule has 0 spiro atoms. The second-order valence-corrected chi connectivity index (χ2v) is 4.92. The number of rotatable bonds is 4. The molecule has 0 radical (unpaired) electrons. The summed E-state index contributed by atoms with van der Waals surface area (Å²) in [7, 11) is 0. The van der Waals surface area contributed by atoms with Gasteiger partial charge >= 0.3 is 0 Å². The molecule has 3 aromatic rings. The second kappa shape index (κ2) is 5.61. The number of hydrogen-bond acceptors (Lipinski definition) is 2. The van der Waals surface area contributed by atoms with Crippen molar-refractivity contribution in [2.75, 3.05) is 6.54 Å². The molecule has 0 fully saturated rings. The molecule has 2 N–H and O–H groups in total. The molecule has 0 saturated heterocycles. The summed E-state index contributed by atoms with van der Waals surface area (Å²) in [6, 6.07) is 9.33. The van der Waals surface area contributed by atoms with Crippen LogP contribution in [0.25, 0.3) is 5.65 Å². The summed E-state index contributed by atoms with van der Waals surface area (Å²) in [4.78, 5) is 4.54. The van der Waals surface area contributed by atoms with Gasteiger partial charge in [0, 0.05) is 24.7 Å². The molecular weight excluding hydrogens is 272 g/mol. The van der Waals surface area contributed by atoms with Gasteiger partial charge in [0.25, 0.3) is 0 Å². The first-order valence-corrected chi connectivity index (χ1v) is 6.77. The zero-order valence-corrected chi connectivity index (χ0v) is 11.4. The van der Waals surface area contributed by atoms with Gasteiger partial charge in [0.05, 0.1) is 5.69 Å². The van der Waals surface area contributed by atoms with Crippen molar-refractivity contribution in [1.82, 2.24) is 9.38 Å². The molecule has 2 heterocycles. The molecule has 0 aliphatic heterocycles. The second-order valence-electron chi connectivity index (χ2n) is 4.92. The Morgan fingerprint density at radius 2 is 1.71 bits per heavy atom. The molecule has 5 heteroatoms. The summed E-state index contributed by atoms with van der Waals surface area (Å²) in [6.45, 7) is 0.459. The van der Waals surface area contributed by atoms with E-state index in [-0.39, 0.29) is 11.6 Å². The molecular formula is C16H15F2N3. The third-order valence-electron chi connectivity index (χ3n) is 3.43. The maximum absolute atomic E-state index is 13.4. The Kier molecular flexibility index (Phi) is 3.66. The number of halogens is 2. The number of hydrogen-bond donors (Lipinski definition) is 1. The van der Waals surface area contributed by atoms with E-state index in [2.05, 4.69) is 4.98 Å². The van der Waals surface area contributed by atoms with E-state index >= 15 is 0 Å². The highest BCUT2D eigenvalue weighted by Gasteiger charge is 2.12. The largest absolute Gasteiger partial charge is 0.330 e. The van der Waals surface area contributed by atoms with Crippen molar-refractivity contribution >= 4 is 5.65 Å². The molecule has 3 nitrogen and oxygen atoms in total. The molecule has 0 atom stereocenters. The van der Waals surface area contributed by atoms with Crippen LogP contribution >= 0.6 is 0 Å². The average Bonchev–Trinajstić information content (AvgIpc) is 2.79. The highest BCUT2D eigenvalue weighted by Crippen LogP contribution is 2.18. The number of pyridine rings is 1. The average molecular weight is 287 g/mol. The van der Waals surface area contributed by atoms with Gasteiger partial charge in [-0.25, -0.2) is 13.8 Å². The number of nitrogens with two attached hydrogens (primary N) is 1. The van der Waals surface area contributed by atoms with Gasteiger partial charge in [0.15, 0.2) is 0 Å². The monoisotopic (exact) mass is 287 g/mol. The van der Waals surface area contributed by atoms with Crippen LogP contribution in [0.4, 0.5) is 8.78 Å². The Bertz CT molecular complexity index is 763. The summed E-state index contributed by atoms with van der Waals surface area (Å²) >= 11 is 0. The van der Waals surface area contributed by atoms with E-state index in [1.54, 1.807) is 22.6 Å². The zero-order chi connectivity index (χ0) is 14.8. The van der Waals surface area contributed by atoms with E-state index in [9.17, 15) is 8.78 Å². The lowest BCUT2D eigenvalue weighted by Crippen LogP contribution is -2.07. The van der Waals surface area contributed by atoms with Gasteiger partial charge in [0.2, 0.25) is 0 Å². The molecule has 0 amide bonds. The van der Waals surface area contributed by atoms with Gasteiger partial charge in [-0.3, -0.25) is 0 Å². The van der Waals surface area contributed by atoms with E-state index in [1.807, 2.05) is 0 Å². The molecule has 0 unspecified atom stereocenters. The molecule has 108 valence electrons. The maximum atomic E-state index is 13.4. The molecule has 2 aromatic heterocycles. The van der Waals surface area contributed by atoms with Crippen molar-refractivity contribution < 1.29 is 8.78 Å². The predicted octanol–water partition coefficient (Wildman–Crippen LogP) is 2.70. The number of aromatic nitrogens is 2. The van der Waals surface area contributed by atoms with E-state index in [0.717, 1.165) is 17.0 Å². The van der Waals surface area contributed by atoms with Gasteiger partial charge in [-0.2, -0.15) is 0 Å². The molecule has 21 heavy (non-hydrogen) atoms. The first-order valence-electron chi connectivity index (χ1n) is 6.77. The normalized spacial score (nSPS) is 11.2. The summed E-state index contributed by atoms with van der Waals surface area (Å²) < 4.78 is 28.1. The standard InChI is InChI=1S/C16H15F2N3/c17-12-3-1-11(2-4-12)9-14-15(7-8-19)21-10-13(18)5-6-16(21)20-14/h1-6,10H,7-9,19H2. The number of benzene rings is 1. The zero-order valence-electron chi connectivity index (χ0n) is 11.4. The molecule has 3 rings (SSSR count). The topological polar surface area (TPSA) is 43.3 Å². The van der Waals surface area contributed by atoms with Crippen molar-refractivity contribution in [3.8, 4) is 0 Å². The van der Waals surface area contributed by atoms with Crippen LogP contribution in [0.2, 0.25) is 0 Å². The smallest absolute Gasteiger partial charge is 0.139 e. The quantitative estimate of drug-likeness (QED) is 0.801. The molecule has 0 saturated carbocycles. The van der Waals surface area contributed by atoms with Crippen molar-refractivity contribution in [3.63, 3.8) is 0 Å². The highest BCUT2D eigenvalue weighted by atomic mass is 19.1. The molecule has 0 bridgehead atoms. The van der Waals surface area contributed by atoms with Crippen molar-refractivity contribution in [3.05, 3.63) is 71.2 Å². The lowest BCUT2D eigenvalue weighted by atomic mass is 10.1. The van der Waals surface area contributed by atoms with Crippen molar-refractivity contribution in [1.29, 1.82) is 0 Å². The first kappa shape index (κ1) is 13.7. The van der Waals surface area contributed by atoms with Crippen LogP contribution in [0.3, 0.4) is 0 Å². The lowest BCUT2D eigenvalue weighted by molar-refractivity contribution is 0.617. The third-order valence-corrected chi connectivity index (χ3v) is 3.43. The number of nitrogens with zero attached hydrogens (tertiary/aromatic N) is 2. The van der Waals surface area contributed by atoms with Crippen LogP contribution < -0.4 is 5.73 Å². The van der Waals surface area contributed by atoms with Crippen LogP contribution in [-0.2, 0) is 12.8 Å². The van der Waals surface area contributed by atoms with Crippen LogP contribution in [0.15, 0.2) is 42.6 Å². The minimum atomic E-state index is -0.313. The summed E-state index contributed by atoms with van der Waals surface area (Å²) in [5.74, 6) is -0.579. The predicted molar refractivity (Wildman–Crippen MR) is 77.1 cm³/mol. The Labute approximate surface area is 121 Å². The van der Waals surface area contributed by atoms with Crippen LogP contribution in [-0.4, -0.2) is 15.9 Å². The third kappa shape index (κ3) is 2.78. The van der Waals surface area contributed by atoms with Gasteiger partial charge in [-0.1, -0.05) is 12.1 Å². The molecule has 1 aromatic carbocycles. The molecule has 0 aliphatic carbocycles. The summed E-state index contributed by atoms with van der Waals surface area (Å²) in [5, 5.41) is 0. The van der Waals surface area contributed by atoms with Crippen molar-refractivity contribution in [2.45, 2.75) is 12.8 Å². The number of imidazole rings is 1. The number of fused-ring (bicyclic) bond motifs is 1. The van der Waals surface area contributed by atoms with Gasteiger partial charge in [-0.05, 0) is 36.4 Å². The molecule has 0 aliphatic rings. The Morgan fingerprint density at radius 1 is 1.00 bits per heavy atom. The Balaban J connectivity index is 2.04. The Hall–Kier alpha value is -2.27. The fraction of sp³-hybridized carbons (Fsp3) is 0.188. The minimum Gasteiger partial charge on any atom is -0.330 e. The van der Waals surface area contributed by atoms with Gasteiger partial charge in [-0.15, -0.1) is 0 Å². The fourth-order valence-electron chi connectivity index (χ4n) is 2.45. The fourth-order valence-corrected chi connectivity index (χ4v) is 2.45. The summed E-state index contributed by atoms with van der Waals surface area (Å²) in [6.07, 6.45) is 2.60. The first-order chi connectivity index (χ1) is 10.2. The summed E-state index contributed by atoms with van der Waals surface area (Å²) in [5.41, 5.74) is 9.04. The van der Waals surface area contributed by atoms with E-state index in [4.69, 9.17) is 5.73 Å². The van der Waals surface area contributed by atoms with Gasteiger partial charge in [0.1, 0.15) is 17.3 Å². The van der Waals surface area contributed by atoms with E-state index in [1.165, 1.54) is 24.4 Å². The Morgan fingerprint density at radius 3 is 2.43 bits per heavy atom. The van der Waals surface area contributed by atoms with Crippen LogP contribution in [0.5, 0.6) is 0 Å².